The Morgan fingerprint density at radius 2 is 2.03 bits per heavy atom. The highest BCUT2D eigenvalue weighted by atomic mass is 35.5. The van der Waals surface area contributed by atoms with Crippen LogP contribution in [0.1, 0.15) is 47.7 Å². The fourth-order valence-corrected chi connectivity index (χ4v) is 5.63. The van der Waals surface area contributed by atoms with Crippen LogP contribution in [0.4, 0.5) is 8.78 Å². The minimum Gasteiger partial charge on any atom is -0.480 e. The van der Waals surface area contributed by atoms with E-state index in [1.54, 1.807) is 6.92 Å². The third-order valence-corrected chi connectivity index (χ3v) is 7.46. The summed E-state index contributed by atoms with van der Waals surface area (Å²) in [7, 11) is 0. The molecule has 0 bridgehead atoms. The Morgan fingerprint density at radius 3 is 2.68 bits per heavy atom. The molecule has 198 valence electrons. The van der Waals surface area contributed by atoms with Crippen molar-refractivity contribution in [3.05, 3.63) is 75.9 Å². The van der Waals surface area contributed by atoms with Gasteiger partial charge in [0.05, 0.1) is 11.1 Å². The molecule has 0 saturated carbocycles. The van der Waals surface area contributed by atoms with Crippen molar-refractivity contribution in [1.82, 2.24) is 10.3 Å². The molecule has 0 aliphatic carbocycles. The highest BCUT2D eigenvalue weighted by Crippen LogP contribution is 2.52. The summed E-state index contributed by atoms with van der Waals surface area (Å²) >= 11 is 6.50. The molecule has 1 fully saturated rings. The molecule has 7 nitrogen and oxygen atoms in total. The Balaban J connectivity index is 1.74. The smallest absolute Gasteiger partial charge is 0.341 e. The van der Waals surface area contributed by atoms with Crippen LogP contribution in [0.5, 0.6) is 11.6 Å². The maximum absolute atomic E-state index is 16.0. The zero-order valence-electron chi connectivity index (χ0n) is 20.5. The molecule has 3 heterocycles. The predicted molar refractivity (Wildman–Crippen MR) is 136 cm³/mol. The fraction of sp³-hybridized carbons (Fsp3) is 0.321. The summed E-state index contributed by atoms with van der Waals surface area (Å²) in [6, 6.07) is 10.6. The van der Waals surface area contributed by atoms with E-state index in [-0.39, 0.29) is 46.3 Å². The number of carbonyl (C=O) groups is 2. The van der Waals surface area contributed by atoms with Crippen molar-refractivity contribution >= 4 is 23.4 Å². The third kappa shape index (κ3) is 4.39. The largest absolute Gasteiger partial charge is 0.480 e. The molecule has 38 heavy (non-hydrogen) atoms. The number of ether oxygens (including phenoxy) is 2. The number of aliphatic carboxylic acids is 1. The van der Waals surface area contributed by atoms with Crippen LogP contribution in [0.3, 0.4) is 0 Å². The van der Waals surface area contributed by atoms with E-state index in [0.29, 0.717) is 5.56 Å². The van der Waals surface area contributed by atoms with Crippen molar-refractivity contribution < 1.29 is 33.0 Å². The summed E-state index contributed by atoms with van der Waals surface area (Å²) in [6.07, 6.45) is 3.10. The SMILES string of the molecule is CCC(=O)c1cnc(OCC(=O)O)c(F)c1-c1c(Cl)c(F)cc2c1C[C@](c1ccccc1)([C@@H]1CCCN1)O2. The number of rotatable bonds is 8. The number of carbonyl (C=O) groups excluding carboxylic acids is 1. The first-order valence-electron chi connectivity index (χ1n) is 12.3. The molecule has 1 saturated heterocycles. The van der Waals surface area contributed by atoms with Gasteiger partial charge in [-0.15, -0.1) is 0 Å². The number of carboxylic acid groups (broad SMARTS) is 1. The molecule has 2 atom stereocenters. The zero-order valence-corrected chi connectivity index (χ0v) is 21.3. The van der Waals surface area contributed by atoms with E-state index in [1.807, 2.05) is 30.3 Å². The molecule has 0 radical (unpaired) electrons. The summed E-state index contributed by atoms with van der Waals surface area (Å²) < 4.78 is 42.9. The van der Waals surface area contributed by atoms with Crippen molar-refractivity contribution in [2.45, 2.75) is 44.2 Å². The highest BCUT2D eigenvalue weighted by molar-refractivity contribution is 6.34. The Labute approximate surface area is 222 Å². The molecule has 2 aromatic carbocycles. The van der Waals surface area contributed by atoms with E-state index in [0.717, 1.165) is 31.1 Å². The van der Waals surface area contributed by atoms with Crippen LogP contribution < -0.4 is 14.8 Å². The van der Waals surface area contributed by atoms with Crippen LogP contribution in [0.2, 0.25) is 5.02 Å². The average Bonchev–Trinajstić information content (AvgIpc) is 3.58. The summed E-state index contributed by atoms with van der Waals surface area (Å²) in [5.74, 6) is -4.17. The molecule has 0 unspecified atom stereocenters. The van der Waals surface area contributed by atoms with Gasteiger partial charge in [0.1, 0.15) is 11.6 Å². The maximum atomic E-state index is 16.0. The number of hydrogen-bond donors (Lipinski definition) is 2. The number of fused-ring (bicyclic) bond motifs is 1. The third-order valence-electron chi connectivity index (χ3n) is 7.09. The summed E-state index contributed by atoms with van der Waals surface area (Å²) in [5.41, 5.74) is -0.0581. The molecule has 0 spiro atoms. The summed E-state index contributed by atoms with van der Waals surface area (Å²) in [4.78, 5) is 27.7. The molecule has 10 heteroatoms. The van der Waals surface area contributed by atoms with Gasteiger partial charge in [0, 0.05) is 47.4 Å². The summed E-state index contributed by atoms with van der Waals surface area (Å²) in [5, 5.41) is 12.1. The second kappa shape index (κ2) is 10.3. The van der Waals surface area contributed by atoms with Crippen LogP contribution in [0.15, 0.2) is 42.6 Å². The zero-order chi connectivity index (χ0) is 27.0. The quantitative estimate of drug-likeness (QED) is 0.372. The number of aromatic nitrogens is 1. The molecule has 2 aliphatic rings. The predicted octanol–water partition coefficient (Wildman–Crippen LogP) is 5.32. The molecular weight excluding hydrogens is 518 g/mol. The number of ketones is 1. The lowest BCUT2D eigenvalue weighted by Crippen LogP contribution is -2.48. The van der Waals surface area contributed by atoms with Gasteiger partial charge in [-0.2, -0.15) is 0 Å². The minimum absolute atomic E-state index is 0.0228. The van der Waals surface area contributed by atoms with Gasteiger partial charge >= 0.3 is 5.97 Å². The Kier molecular flexibility index (Phi) is 7.07. The number of Topliss-reactive ketones (excluding diaryl/α,β-unsaturated/α-hetero) is 1. The summed E-state index contributed by atoms with van der Waals surface area (Å²) in [6.45, 7) is 1.54. The number of benzene rings is 2. The highest BCUT2D eigenvalue weighted by Gasteiger charge is 2.50. The number of hydrogen-bond acceptors (Lipinski definition) is 6. The van der Waals surface area contributed by atoms with Crippen LogP contribution in [0.25, 0.3) is 11.1 Å². The topological polar surface area (TPSA) is 97.8 Å². The van der Waals surface area contributed by atoms with Crippen molar-refractivity contribution in [2.75, 3.05) is 13.2 Å². The normalized spacial score (nSPS) is 20.2. The lowest BCUT2D eigenvalue weighted by molar-refractivity contribution is -0.139. The van der Waals surface area contributed by atoms with Gasteiger partial charge in [0.25, 0.3) is 5.88 Å². The minimum atomic E-state index is -1.34. The van der Waals surface area contributed by atoms with Gasteiger partial charge in [-0.05, 0) is 24.9 Å². The second-order valence-electron chi connectivity index (χ2n) is 9.33. The van der Waals surface area contributed by atoms with E-state index in [4.69, 9.17) is 26.2 Å². The second-order valence-corrected chi connectivity index (χ2v) is 9.71. The standard InChI is InChI=1S/C28H25ClF2N2O5/c1-2-19(34)17-13-33-27(37-14-22(35)36)26(31)24(17)23-16-12-28(21-9-6-10-32-21,15-7-4-3-5-8-15)38-20(16)11-18(30)25(23)29/h3-5,7-8,11,13,21,32H,2,6,9-10,12,14H2,1H3,(H,35,36)/t21-,28-/m0/s1. The molecule has 3 aromatic rings. The van der Waals surface area contributed by atoms with Gasteiger partial charge < -0.3 is 19.9 Å². The first-order valence-corrected chi connectivity index (χ1v) is 12.7. The van der Waals surface area contributed by atoms with E-state index in [2.05, 4.69) is 10.3 Å². The Bertz CT molecular complexity index is 1410. The van der Waals surface area contributed by atoms with Gasteiger partial charge in [0.15, 0.2) is 23.8 Å². The lowest BCUT2D eigenvalue weighted by Gasteiger charge is -2.35. The monoisotopic (exact) mass is 542 g/mol. The van der Waals surface area contributed by atoms with Crippen molar-refractivity contribution in [3.8, 4) is 22.8 Å². The van der Waals surface area contributed by atoms with E-state index >= 15 is 8.78 Å². The van der Waals surface area contributed by atoms with Crippen LogP contribution in [-0.2, 0) is 16.8 Å². The molecular formula is C28H25ClF2N2O5. The van der Waals surface area contributed by atoms with Gasteiger partial charge in [-0.1, -0.05) is 48.9 Å². The fourth-order valence-electron chi connectivity index (χ4n) is 5.37. The van der Waals surface area contributed by atoms with Crippen molar-refractivity contribution in [3.63, 3.8) is 0 Å². The average molecular weight is 543 g/mol. The molecule has 1 aromatic heterocycles. The number of nitrogens with zero attached hydrogens (tertiary/aromatic N) is 1. The number of halogens is 3. The first kappa shape index (κ1) is 26.1. The van der Waals surface area contributed by atoms with Gasteiger partial charge in [0.2, 0.25) is 0 Å². The van der Waals surface area contributed by atoms with Gasteiger partial charge in [-0.25, -0.2) is 18.6 Å². The van der Waals surface area contributed by atoms with Gasteiger partial charge in [-0.3, -0.25) is 4.79 Å². The first-order chi connectivity index (χ1) is 18.3. The van der Waals surface area contributed by atoms with Crippen LogP contribution >= 0.6 is 11.6 Å². The number of pyridine rings is 1. The van der Waals surface area contributed by atoms with Crippen LogP contribution in [0, 0.1) is 11.6 Å². The molecule has 2 N–H and O–H groups in total. The van der Waals surface area contributed by atoms with E-state index < -0.39 is 41.5 Å². The molecule has 5 rings (SSSR count). The number of nitrogens with one attached hydrogen (secondary N) is 1. The van der Waals surface area contributed by atoms with E-state index in [1.165, 1.54) is 6.07 Å². The van der Waals surface area contributed by atoms with Crippen LogP contribution in [-0.4, -0.2) is 41.0 Å². The van der Waals surface area contributed by atoms with E-state index in [9.17, 15) is 9.59 Å². The van der Waals surface area contributed by atoms with Crippen molar-refractivity contribution in [1.29, 1.82) is 0 Å². The maximum Gasteiger partial charge on any atom is 0.341 e. The Morgan fingerprint density at radius 1 is 1.26 bits per heavy atom. The van der Waals surface area contributed by atoms with Crippen molar-refractivity contribution in [2.24, 2.45) is 0 Å². The molecule has 2 aliphatic heterocycles. The lowest BCUT2D eigenvalue weighted by atomic mass is 9.80. The molecule has 0 amide bonds. The Hall–Kier alpha value is -3.56. The number of carboxylic acids is 1.